The Morgan fingerprint density at radius 3 is 2.88 bits per heavy atom. The number of hydrogen-bond acceptors (Lipinski definition) is 3. The molecule has 0 aromatic carbocycles. The fourth-order valence-electron chi connectivity index (χ4n) is 1.81. The Hall–Kier alpha value is -0.770. The van der Waals surface area contributed by atoms with Crippen molar-refractivity contribution in [2.45, 2.75) is 39.2 Å². The quantitative estimate of drug-likeness (QED) is 0.458. The number of carbonyl (C=O) groups excluding carboxylic acids is 1. The molecule has 0 saturated heterocycles. The fraction of sp³-hybridized carbons (Fsp3) is 0.667. The van der Waals surface area contributed by atoms with E-state index in [9.17, 15) is 4.79 Å². The summed E-state index contributed by atoms with van der Waals surface area (Å²) in [5.74, 6) is 0.462. The van der Waals surface area contributed by atoms with Crippen molar-refractivity contribution in [2.75, 3.05) is 6.26 Å². The summed E-state index contributed by atoms with van der Waals surface area (Å²) in [4.78, 5) is 15.5. The summed E-state index contributed by atoms with van der Waals surface area (Å²) in [6, 6.07) is 0.242. The van der Waals surface area contributed by atoms with Crippen LogP contribution in [0.1, 0.15) is 33.1 Å². The van der Waals surface area contributed by atoms with Crippen LogP contribution in [-0.2, 0) is 4.79 Å². The van der Waals surface area contributed by atoms with Crippen LogP contribution in [0.3, 0.4) is 0 Å². The third-order valence-corrected chi connectivity index (χ3v) is 3.30. The Labute approximate surface area is 102 Å². The van der Waals surface area contributed by atoms with Crippen LogP contribution in [0.15, 0.2) is 17.1 Å². The maximum atomic E-state index is 11.0. The van der Waals surface area contributed by atoms with Gasteiger partial charge in [-0.05, 0) is 38.4 Å². The number of carbonyl (C=O) groups is 1. The molecule has 1 unspecified atom stereocenters. The van der Waals surface area contributed by atoms with Crippen LogP contribution in [-0.4, -0.2) is 23.4 Å². The van der Waals surface area contributed by atoms with Gasteiger partial charge in [0.15, 0.2) is 5.17 Å². The number of hydrogen-bond donors (Lipinski definition) is 1. The summed E-state index contributed by atoms with van der Waals surface area (Å²) in [6.07, 6.45) is 10.0. The van der Waals surface area contributed by atoms with Crippen molar-refractivity contribution in [2.24, 2.45) is 10.9 Å². The third kappa shape index (κ3) is 4.39. The lowest BCUT2D eigenvalue weighted by Crippen LogP contribution is -2.28. The number of thioether (sulfide) groups is 1. The van der Waals surface area contributed by atoms with Crippen molar-refractivity contribution in [3.8, 4) is 0 Å². The van der Waals surface area contributed by atoms with Gasteiger partial charge in [-0.25, -0.2) is 0 Å². The van der Waals surface area contributed by atoms with E-state index < -0.39 is 0 Å². The second kappa shape index (κ2) is 6.74. The molecule has 0 aliphatic heterocycles. The standard InChI is InChI=1S/C12H20N2OS/c1-9(11-7-5-4-6-8-11)13-12(16-3)14-10(2)15/h5,7,9,11H,4,6,8H2,1-3H3,(H,13,14,15)/t9?,11-/m0/s1. The van der Waals surface area contributed by atoms with Crippen molar-refractivity contribution in [3.05, 3.63) is 12.2 Å². The van der Waals surface area contributed by atoms with E-state index in [0.717, 1.165) is 5.17 Å². The molecule has 1 aliphatic carbocycles. The van der Waals surface area contributed by atoms with E-state index in [4.69, 9.17) is 0 Å². The van der Waals surface area contributed by atoms with Crippen molar-refractivity contribution in [1.29, 1.82) is 0 Å². The number of nitrogens with one attached hydrogen (secondary N) is 1. The van der Waals surface area contributed by atoms with Gasteiger partial charge in [-0.15, -0.1) is 0 Å². The number of amidine groups is 1. The summed E-state index contributed by atoms with van der Waals surface area (Å²) in [5, 5.41) is 3.47. The van der Waals surface area contributed by atoms with Crippen LogP contribution < -0.4 is 5.32 Å². The number of allylic oxidation sites excluding steroid dienone is 1. The minimum absolute atomic E-state index is 0.0560. The highest BCUT2D eigenvalue weighted by Gasteiger charge is 2.16. The number of aliphatic imine (C=N–C) groups is 1. The average molecular weight is 240 g/mol. The summed E-state index contributed by atoms with van der Waals surface area (Å²) in [5.41, 5.74) is 0. The van der Waals surface area contributed by atoms with Crippen molar-refractivity contribution in [1.82, 2.24) is 5.32 Å². The Morgan fingerprint density at radius 1 is 1.62 bits per heavy atom. The minimum atomic E-state index is -0.0560. The molecule has 2 atom stereocenters. The summed E-state index contributed by atoms with van der Waals surface area (Å²) >= 11 is 1.48. The third-order valence-electron chi connectivity index (χ3n) is 2.71. The van der Waals surface area contributed by atoms with E-state index >= 15 is 0 Å². The van der Waals surface area contributed by atoms with Crippen LogP contribution in [0.2, 0.25) is 0 Å². The average Bonchev–Trinajstić information content (AvgIpc) is 2.28. The second-order valence-electron chi connectivity index (χ2n) is 4.08. The van der Waals surface area contributed by atoms with E-state index in [2.05, 4.69) is 29.4 Å². The van der Waals surface area contributed by atoms with Crippen LogP contribution in [0.25, 0.3) is 0 Å². The zero-order chi connectivity index (χ0) is 12.0. The van der Waals surface area contributed by atoms with E-state index in [1.54, 1.807) is 0 Å². The Balaban J connectivity index is 2.60. The molecule has 0 aromatic heterocycles. The maximum absolute atomic E-state index is 11.0. The predicted molar refractivity (Wildman–Crippen MR) is 70.7 cm³/mol. The Kier molecular flexibility index (Phi) is 5.60. The van der Waals surface area contributed by atoms with Gasteiger partial charge in [0.25, 0.3) is 0 Å². The molecule has 1 aliphatic rings. The lowest BCUT2D eigenvalue weighted by Gasteiger charge is -2.21. The first kappa shape index (κ1) is 13.3. The summed E-state index contributed by atoms with van der Waals surface area (Å²) in [6.45, 7) is 3.62. The molecule has 0 spiro atoms. The minimum Gasteiger partial charge on any atom is -0.306 e. The second-order valence-corrected chi connectivity index (χ2v) is 4.88. The van der Waals surface area contributed by atoms with E-state index in [-0.39, 0.29) is 11.9 Å². The normalized spacial score (nSPS) is 22.9. The molecule has 0 bridgehead atoms. The molecule has 0 fully saturated rings. The van der Waals surface area contributed by atoms with E-state index in [1.165, 1.54) is 37.9 Å². The van der Waals surface area contributed by atoms with Gasteiger partial charge >= 0.3 is 0 Å². The molecule has 1 N–H and O–H groups in total. The zero-order valence-electron chi connectivity index (χ0n) is 10.2. The van der Waals surface area contributed by atoms with Gasteiger partial charge in [0, 0.05) is 6.92 Å². The molecule has 1 rings (SSSR count). The van der Waals surface area contributed by atoms with Gasteiger partial charge in [-0.3, -0.25) is 9.79 Å². The van der Waals surface area contributed by atoms with E-state index in [0.29, 0.717) is 5.92 Å². The van der Waals surface area contributed by atoms with Gasteiger partial charge in [-0.2, -0.15) is 0 Å². The van der Waals surface area contributed by atoms with Crippen molar-refractivity contribution >= 4 is 22.8 Å². The molecular formula is C12H20N2OS. The zero-order valence-corrected chi connectivity index (χ0v) is 11.0. The molecule has 0 aromatic rings. The van der Waals surface area contributed by atoms with Crippen LogP contribution in [0.5, 0.6) is 0 Å². The molecular weight excluding hydrogens is 220 g/mol. The van der Waals surface area contributed by atoms with Crippen LogP contribution in [0.4, 0.5) is 0 Å². The SMILES string of the molecule is CSC(=NC(C)[C@H]1C=CCCC1)NC(C)=O. The number of amides is 1. The lowest BCUT2D eigenvalue weighted by atomic mass is 9.91. The molecule has 0 radical (unpaired) electrons. The molecule has 3 nitrogen and oxygen atoms in total. The van der Waals surface area contributed by atoms with Gasteiger partial charge < -0.3 is 5.32 Å². The molecule has 0 heterocycles. The van der Waals surface area contributed by atoms with Crippen molar-refractivity contribution in [3.63, 3.8) is 0 Å². The van der Waals surface area contributed by atoms with Gasteiger partial charge in [0.2, 0.25) is 5.91 Å². The van der Waals surface area contributed by atoms with Gasteiger partial charge in [-0.1, -0.05) is 23.9 Å². The number of nitrogens with zero attached hydrogens (tertiary/aromatic N) is 1. The summed E-state index contributed by atoms with van der Waals surface area (Å²) < 4.78 is 0. The first-order valence-corrected chi connectivity index (χ1v) is 6.92. The van der Waals surface area contributed by atoms with Crippen molar-refractivity contribution < 1.29 is 4.79 Å². The summed E-state index contributed by atoms with van der Waals surface area (Å²) in [7, 11) is 0. The monoisotopic (exact) mass is 240 g/mol. The Morgan fingerprint density at radius 2 is 2.38 bits per heavy atom. The lowest BCUT2D eigenvalue weighted by molar-refractivity contribution is -0.117. The molecule has 90 valence electrons. The molecule has 16 heavy (non-hydrogen) atoms. The highest BCUT2D eigenvalue weighted by atomic mass is 32.2. The Bertz CT molecular complexity index is 299. The molecule has 1 amide bonds. The largest absolute Gasteiger partial charge is 0.306 e. The van der Waals surface area contributed by atoms with E-state index in [1.807, 2.05) is 6.26 Å². The van der Waals surface area contributed by atoms with Gasteiger partial charge in [0.1, 0.15) is 0 Å². The first-order chi connectivity index (χ1) is 7.63. The topological polar surface area (TPSA) is 41.5 Å². The molecule has 4 heteroatoms. The highest BCUT2D eigenvalue weighted by molar-refractivity contribution is 8.13. The predicted octanol–water partition coefficient (Wildman–Crippen LogP) is 2.59. The van der Waals surface area contributed by atoms with Crippen LogP contribution in [0, 0.1) is 5.92 Å². The van der Waals surface area contributed by atoms with Crippen LogP contribution >= 0.6 is 11.8 Å². The molecule has 0 saturated carbocycles. The maximum Gasteiger partial charge on any atom is 0.222 e. The van der Waals surface area contributed by atoms with Gasteiger partial charge in [0.05, 0.1) is 6.04 Å². The first-order valence-electron chi connectivity index (χ1n) is 5.69. The smallest absolute Gasteiger partial charge is 0.222 e. The number of rotatable bonds is 2. The highest BCUT2D eigenvalue weighted by Crippen LogP contribution is 2.22. The fourth-order valence-corrected chi connectivity index (χ4v) is 2.33.